The highest BCUT2D eigenvalue weighted by molar-refractivity contribution is 7.92. The molecule has 0 radical (unpaired) electrons. The Balaban J connectivity index is 2.54. The van der Waals surface area contributed by atoms with Gasteiger partial charge in [-0.15, -0.1) is 0 Å². The van der Waals surface area contributed by atoms with Crippen LogP contribution in [0.3, 0.4) is 0 Å². The van der Waals surface area contributed by atoms with Gasteiger partial charge in [0.25, 0.3) is 0 Å². The molecule has 0 spiro atoms. The molecule has 1 N–H and O–H groups in total. The Kier molecular flexibility index (Phi) is 10.2. The first-order valence-corrected chi connectivity index (χ1v) is 14.3. The Morgan fingerprint density at radius 2 is 1.47 bits per heavy atom. The SMILES string of the molecule is C[C@H](C(=O)NC(C)(C)C)N(Cc1c(Cl)cccc1Cl)C(=O)CN(c1cc(Cl)c(Cl)cc1Cl)S(C)(=O)=O. The standard InChI is InChI=1S/C23H26Cl5N3O4S/c1-13(22(33)29-23(2,3)4)30(11-14-15(24)7-6-8-16(14)25)21(32)12-31(36(5,34)35)20-10-18(27)17(26)9-19(20)28/h6-10,13H,11-12H2,1-5H3,(H,29,33)/t13-/m1/s1. The van der Waals surface area contributed by atoms with Gasteiger partial charge in [-0.2, -0.15) is 0 Å². The molecule has 0 heterocycles. The number of rotatable bonds is 8. The average Bonchev–Trinajstić information content (AvgIpc) is 2.72. The summed E-state index contributed by atoms with van der Waals surface area (Å²) in [6.07, 6.45) is 0.921. The molecule has 2 amide bonds. The number of hydrogen-bond donors (Lipinski definition) is 1. The molecule has 0 fully saturated rings. The van der Waals surface area contributed by atoms with E-state index in [4.69, 9.17) is 58.0 Å². The Morgan fingerprint density at radius 1 is 0.944 bits per heavy atom. The van der Waals surface area contributed by atoms with Crippen LogP contribution in [0.2, 0.25) is 25.1 Å². The van der Waals surface area contributed by atoms with Crippen LogP contribution in [0.5, 0.6) is 0 Å². The van der Waals surface area contributed by atoms with Gasteiger partial charge in [-0.3, -0.25) is 13.9 Å². The van der Waals surface area contributed by atoms with E-state index in [1.807, 2.05) is 0 Å². The number of carbonyl (C=O) groups is 2. The van der Waals surface area contributed by atoms with Crippen molar-refractivity contribution in [1.82, 2.24) is 10.2 Å². The van der Waals surface area contributed by atoms with Gasteiger partial charge in [0, 0.05) is 27.7 Å². The first-order chi connectivity index (χ1) is 16.4. The van der Waals surface area contributed by atoms with Crippen molar-refractivity contribution in [3.63, 3.8) is 0 Å². The van der Waals surface area contributed by atoms with E-state index < -0.39 is 40.0 Å². The molecular formula is C23H26Cl5N3O4S. The lowest BCUT2D eigenvalue weighted by Crippen LogP contribution is -2.54. The van der Waals surface area contributed by atoms with Crippen LogP contribution < -0.4 is 9.62 Å². The zero-order valence-electron chi connectivity index (χ0n) is 20.2. The van der Waals surface area contributed by atoms with Gasteiger partial charge in [-0.1, -0.05) is 64.1 Å². The maximum Gasteiger partial charge on any atom is 0.244 e. The first kappa shape index (κ1) is 30.8. The van der Waals surface area contributed by atoms with E-state index in [2.05, 4.69) is 5.32 Å². The minimum absolute atomic E-state index is 0.0261. The summed E-state index contributed by atoms with van der Waals surface area (Å²) in [5.74, 6) is -1.15. The first-order valence-electron chi connectivity index (χ1n) is 10.6. The largest absolute Gasteiger partial charge is 0.350 e. The summed E-state index contributed by atoms with van der Waals surface area (Å²) in [7, 11) is -4.02. The van der Waals surface area contributed by atoms with Gasteiger partial charge in [-0.05, 0) is 52.0 Å². The molecule has 0 saturated heterocycles. The smallest absolute Gasteiger partial charge is 0.244 e. The molecule has 2 aromatic rings. The second-order valence-electron chi connectivity index (χ2n) is 9.12. The number of amides is 2. The summed E-state index contributed by atoms with van der Waals surface area (Å²) in [6, 6.07) is 6.38. The van der Waals surface area contributed by atoms with Gasteiger partial charge < -0.3 is 10.2 Å². The predicted octanol–water partition coefficient (Wildman–Crippen LogP) is 6.05. The van der Waals surface area contributed by atoms with Crippen LogP contribution in [0.4, 0.5) is 5.69 Å². The lowest BCUT2D eigenvalue weighted by atomic mass is 10.1. The van der Waals surface area contributed by atoms with Gasteiger partial charge in [0.05, 0.1) is 27.0 Å². The van der Waals surface area contributed by atoms with Gasteiger partial charge in [0.15, 0.2) is 0 Å². The van der Waals surface area contributed by atoms with Crippen molar-refractivity contribution in [1.29, 1.82) is 0 Å². The monoisotopic (exact) mass is 615 g/mol. The molecule has 2 rings (SSSR count). The molecule has 7 nitrogen and oxygen atoms in total. The molecule has 0 saturated carbocycles. The normalized spacial score (nSPS) is 12.7. The zero-order valence-corrected chi connectivity index (χ0v) is 24.8. The molecule has 0 aliphatic rings. The Hall–Kier alpha value is -1.42. The molecule has 0 bridgehead atoms. The molecule has 1 atom stereocenters. The summed E-state index contributed by atoms with van der Waals surface area (Å²) in [4.78, 5) is 27.8. The van der Waals surface area contributed by atoms with Gasteiger partial charge in [0.1, 0.15) is 12.6 Å². The Morgan fingerprint density at radius 3 is 1.97 bits per heavy atom. The highest BCUT2D eigenvalue weighted by atomic mass is 35.5. The summed E-state index contributed by atoms with van der Waals surface area (Å²) in [5, 5.41) is 3.54. The fraction of sp³-hybridized carbons (Fsp3) is 0.391. The van der Waals surface area contributed by atoms with Crippen LogP contribution in [-0.2, 0) is 26.2 Å². The van der Waals surface area contributed by atoms with E-state index in [0.29, 0.717) is 5.56 Å². The second-order valence-corrected chi connectivity index (χ2v) is 13.1. The van der Waals surface area contributed by atoms with Gasteiger partial charge in [0.2, 0.25) is 21.8 Å². The van der Waals surface area contributed by atoms with Gasteiger partial charge >= 0.3 is 0 Å². The molecular weight excluding hydrogens is 592 g/mol. The van der Waals surface area contributed by atoms with Crippen molar-refractivity contribution in [2.75, 3.05) is 17.1 Å². The average molecular weight is 618 g/mol. The quantitative estimate of drug-likeness (QED) is 0.366. The maximum absolute atomic E-state index is 13.6. The fourth-order valence-corrected chi connectivity index (χ4v) is 5.27. The van der Waals surface area contributed by atoms with Crippen LogP contribution in [0, 0.1) is 0 Å². The highest BCUT2D eigenvalue weighted by Gasteiger charge is 2.33. The number of halogens is 5. The molecule has 0 unspecified atom stereocenters. The number of nitrogens with one attached hydrogen (secondary N) is 1. The summed E-state index contributed by atoms with van der Waals surface area (Å²) >= 11 is 31.0. The van der Waals surface area contributed by atoms with Crippen LogP contribution in [0.15, 0.2) is 30.3 Å². The summed E-state index contributed by atoms with van der Waals surface area (Å²) in [6.45, 7) is 6.10. The maximum atomic E-state index is 13.6. The van der Waals surface area contributed by atoms with Crippen LogP contribution in [0.1, 0.15) is 33.3 Å². The molecule has 36 heavy (non-hydrogen) atoms. The van der Waals surface area contributed by atoms with E-state index in [-0.39, 0.29) is 37.3 Å². The van der Waals surface area contributed by atoms with E-state index >= 15 is 0 Å². The topological polar surface area (TPSA) is 86.8 Å². The van der Waals surface area contributed by atoms with Gasteiger partial charge in [-0.25, -0.2) is 8.42 Å². The van der Waals surface area contributed by atoms with Crippen LogP contribution in [-0.4, -0.2) is 49.5 Å². The third-order valence-electron chi connectivity index (χ3n) is 4.99. The van der Waals surface area contributed by atoms with E-state index in [1.165, 1.54) is 24.0 Å². The predicted molar refractivity (Wildman–Crippen MR) is 148 cm³/mol. The highest BCUT2D eigenvalue weighted by Crippen LogP contribution is 2.36. The van der Waals surface area contributed by atoms with Crippen molar-refractivity contribution in [2.24, 2.45) is 0 Å². The molecule has 0 aliphatic heterocycles. The van der Waals surface area contributed by atoms with Crippen molar-refractivity contribution in [2.45, 2.75) is 45.8 Å². The molecule has 0 aromatic heterocycles. The van der Waals surface area contributed by atoms with Crippen molar-refractivity contribution < 1.29 is 18.0 Å². The molecule has 2 aromatic carbocycles. The van der Waals surface area contributed by atoms with E-state index in [1.54, 1.807) is 39.0 Å². The van der Waals surface area contributed by atoms with Crippen molar-refractivity contribution in [3.05, 3.63) is 61.0 Å². The van der Waals surface area contributed by atoms with E-state index in [0.717, 1.165) is 10.6 Å². The Labute approximate surface area is 236 Å². The van der Waals surface area contributed by atoms with Crippen LogP contribution >= 0.6 is 58.0 Å². The number of carbonyl (C=O) groups excluding carboxylic acids is 2. The lowest BCUT2D eigenvalue weighted by molar-refractivity contribution is -0.140. The number of nitrogens with zero attached hydrogens (tertiary/aromatic N) is 2. The summed E-state index contributed by atoms with van der Waals surface area (Å²) in [5.41, 5.74) is -0.207. The molecule has 13 heteroatoms. The van der Waals surface area contributed by atoms with E-state index in [9.17, 15) is 18.0 Å². The number of benzene rings is 2. The minimum Gasteiger partial charge on any atom is -0.350 e. The zero-order chi connectivity index (χ0) is 27.6. The number of anilines is 1. The van der Waals surface area contributed by atoms with Crippen LogP contribution in [0.25, 0.3) is 0 Å². The summed E-state index contributed by atoms with van der Waals surface area (Å²) < 4.78 is 26.2. The molecule has 198 valence electrons. The fourth-order valence-electron chi connectivity index (χ4n) is 3.21. The third-order valence-corrected chi connectivity index (χ3v) is 7.85. The Bertz CT molecular complexity index is 1240. The minimum atomic E-state index is -4.02. The number of sulfonamides is 1. The van der Waals surface area contributed by atoms with Crippen molar-refractivity contribution in [3.8, 4) is 0 Å². The number of hydrogen-bond acceptors (Lipinski definition) is 4. The van der Waals surface area contributed by atoms with Crippen molar-refractivity contribution >= 4 is 85.5 Å². The lowest BCUT2D eigenvalue weighted by Gasteiger charge is -2.33. The second kappa shape index (κ2) is 12.0. The third kappa shape index (κ3) is 8.04. The molecule has 0 aliphatic carbocycles.